The zero-order chi connectivity index (χ0) is 14.8. The minimum atomic E-state index is -0.748. The lowest BCUT2D eigenvalue weighted by Gasteiger charge is -2.15. The molecule has 6 heteroatoms. The standard InChI is InChI=1S/C15H15N4O2/c1-11-6-5-9-13-14(11)15(18(16)10-17-13)19(20)21-12-7-3-2-4-8-12/h2-10,15H,16H2,1H3/q+1/p+1. The maximum Gasteiger partial charge on any atom is 0.439 e. The van der Waals surface area contributed by atoms with Gasteiger partial charge in [-0.2, -0.15) is 4.84 Å². The molecule has 0 amide bonds. The average Bonchev–Trinajstić information content (AvgIpc) is 2.49. The van der Waals surface area contributed by atoms with Crippen molar-refractivity contribution in [2.24, 2.45) is 5.84 Å². The van der Waals surface area contributed by atoms with Crippen LogP contribution in [-0.2, 0) is 0 Å². The number of benzene rings is 2. The van der Waals surface area contributed by atoms with Gasteiger partial charge in [0.25, 0.3) is 11.3 Å². The maximum atomic E-state index is 12.4. The van der Waals surface area contributed by atoms with E-state index in [0.717, 1.165) is 16.8 Å². The fraction of sp³-hybridized carbons (Fsp3) is 0.133. The second kappa shape index (κ2) is 5.24. The van der Waals surface area contributed by atoms with Crippen LogP contribution in [0.4, 0.5) is 5.69 Å². The van der Waals surface area contributed by atoms with Crippen molar-refractivity contribution in [3.8, 4) is 5.75 Å². The van der Waals surface area contributed by atoms with E-state index < -0.39 is 6.17 Å². The molecule has 1 aliphatic rings. The Morgan fingerprint density at radius 1 is 1.19 bits per heavy atom. The smallest absolute Gasteiger partial charge is 0.268 e. The maximum absolute atomic E-state index is 12.4. The molecule has 2 aromatic rings. The number of rotatable bonds is 3. The van der Waals surface area contributed by atoms with Gasteiger partial charge in [-0.3, -0.25) is 5.84 Å². The quantitative estimate of drug-likeness (QED) is 0.514. The van der Waals surface area contributed by atoms with Gasteiger partial charge in [0.05, 0.1) is 4.91 Å². The average molecular weight is 284 g/mol. The summed E-state index contributed by atoms with van der Waals surface area (Å²) in [6.07, 6.45) is 0.800. The van der Waals surface area contributed by atoms with Crippen molar-refractivity contribution in [2.45, 2.75) is 13.1 Å². The second-order valence-corrected chi connectivity index (χ2v) is 4.82. The van der Waals surface area contributed by atoms with E-state index in [2.05, 4.69) is 5.32 Å². The lowest BCUT2D eigenvalue weighted by atomic mass is 10.0. The van der Waals surface area contributed by atoms with Crippen molar-refractivity contribution < 1.29 is 14.4 Å². The molecule has 0 saturated heterocycles. The summed E-state index contributed by atoms with van der Waals surface area (Å²) in [5, 5.41) is 3.06. The molecule has 1 aliphatic heterocycles. The highest BCUT2D eigenvalue weighted by Crippen LogP contribution is 2.31. The van der Waals surface area contributed by atoms with E-state index in [1.54, 1.807) is 30.6 Å². The molecule has 21 heavy (non-hydrogen) atoms. The van der Waals surface area contributed by atoms with Gasteiger partial charge < -0.3 is 0 Å². The molecule has 0 radical (unpaired) electrons. The molecule has 2 aromatic carbocycles. The van der Waals surface area contributed by atoms with E-state index in [1.165, 1.54) is 4.68 Å². The Balaban J connectivity index is 1.95. The Kier molecular flexibility index (Phi) is 3.27. The summed E-state index contributed by atoms with van der Waals surface area (Å²) < 4.78 is 1.30. The molecule has 0 fully saturated rings. The van der Waals surface area contributed by atoms with Crippen molar-refractivity contribution in [1.29, 1.82) is 0 Å². The summed E-state index contributed by atoms with van der Waals surface area (Å²) in [6, 6.07) is 14.7. The highest BCUT2D eigenvalue weighted by atomic mass is 16.8. The summed E-state index contributed by atoms with van der Waals surface area (Å²) in [4.78, 5) is 18.3. The highest BCUT2D eigenvalue weighted by molar-refractivity contribution is 5.76. The minimum absolute atomic E-state index is 0.467. The van der Waals surface area contributed by atoms with Gasteiger partial charge in [0.1, 0.15) is 11.3 Å². The van der Waals surface area contributed by atoms with Crippen molar-refractivity contribution in [3.05, 3.63) is 64.6 Å². The first-order chi connectivity index (χ1) is 10.2. The third-order valence-electron chi connectivity index (χ3n) is 3.37. The summed E-state index contributed by atoms with van der Waals surface area (Å²) in [5.41, 5.74) is 2.61. The van der Waals surface area contributed by atoms with E-state index in [4.69, 9.17) is 10.7 Å². The van der Waals surface area contributed by atoms with Crippen LogP contribution in [-0.4, -0.2) is 15.9 Å². The number of hydrazone groups is 1. The molecule has 1 heterocycles. The van der Waals surface area contributed by atoms with Crippen LogP contribution in [0, 0.1) is 11.8 Å². The normalized spacial score (nSPS) is 16.4. The number of fused-ring (bicyclic) bond motifs is 1. The van der Waals surface area contributed by atoms with Crippen molar-refractivity contribution >= 4 is 12.0 Å². The summed E-state index contributed by atoms with van der Waals surface area (Å²) in [5.74, 6) is 6.38. The molecule has 0 spiro atoms. The number of nitrogens with one attached hydrogen (secondary N) is 1. The number of anilines is 1. The Morgan fingerprint density at radius 2 is 1.95 bits per heavy atom. The lowest BCUT2D eigenvalue weighted by Crippen LogP contribution is -2.40. The van der Waals surface area contributed by atoms with Gasteiger partial charge in [0.2, 0.25) is 5.75 Å². The fourth-order valence-electron chi connectivity index (χ4n) is 2.36. The Labute approximate surface area is 122 Å². The SMILES string of the molecule is Cc1cccc2c1C([N+](=O)Oc1ccccc1)[N+](N)=CN2. The lowest BCUT2D eigenvalue weighted by molar-refractivity contribution is -0.908. The molecule has 106 valence electrons. The Bertz CT molecular complexity index is 713. The number of nitrogens with zero attached hydrogens (tertiary/aromatic N) is 2. The number of nitrogens with two attached hydrogens (primary N) is 1. The van der Waals surface area contributed by atoms with Crippen molar-refractivity contribution in [3.63, 3.8) is 0 Å². The van der Waals surface area contributed by atoms with Crippen LogP contribution in [0.2, 0.25) is 0 Å². The Morgan fingerprint density at radius 3 is 2.71 bits per heavy atom. The molecule has 0 aliphatic carbocycles. The van der Waals surface area contributed by atoms with E-state index in [0.29, 0.717) is 10.7 Å². The van der Waals surface area contributed by atoms with Gasteiger partial charge in [-0.25, -0.2) is 5.32 Å². The second-order valence-electron chi connectivity index (χ2n) is 4.82. The number of hydrogen-bond donors (Lipinski definition) is 2. The van der Waals surface area contributed by atoms with E-state index in [9.17, 15) is 4.91 Å². The summed E-state index contributed by atoms with van der Waals surface area (Å²) >= 11 is 0. The predicted octanol–water partition coefficient (Wildman–Crippen LogP) is 2.11. The third-order valence-corrected chi connectivity index (χ3v) is 3.37. The number of hydrogen-bond acceptors (Lipinski definition) is 4. The zero-order valence-electron chi connectivity index (χ0n) is 11.6. The van der Waals surface area contributed by atoms with Crippen LogP contribution in [0.3, 0.4) is 0 Å². The van der Waals surface area contributed by atoms with Gasteiger partial charge in [-0.1, -0.05) is 35.0 Å². The monoisotopic (exact) mass is 284 g/mol. The summed E-state index contributed by atoms with van der Waals surface area (Å²) in [6.45, 7) is 1.93. The largest absolute Gasteiger partial charge is 0.439 e. The number of aryl methyl sites for hydroxylation is 1. The minimum Gasteiger partial charge on any atom is -0.268 e. The van der Waals surface area contributed by atoms with Crippen LogP contribution >= 0.6 is 0 Å². The Hall–Kier alpha value is -2.89. The molecule has 0 saturated carbocycles. The zero-order valence-corrected chi connectivity index (χ0v) is 11.6. The van der Waals surface area contributed by atoms with Gasteiger partial charge in [0.15, 0.2) is 0 Å². The van der Waals surface area contributed by atoms with Gasteiger partial charge in [-0.05, 0) is 30.7 Å². The predicted molar refractivity (Wildman–Crippen MR) is 78.8 cm³/mol. The van der Waals surface area contributed by atoms with Crippen molar-refractivity contribution in [1.82, 2.24) is 0 Å². The molecular weight excluding hydrogens is 268 g/mol. The van der Waals surface area contributed by atoms with E-state index in [1.807, 2.05) is 31.2 Å². The van der Waals surface area contributed by atoms with Crippen LogP contribution in [0.5, 0.6) is 5.75 Å². The van der Waals surface area contributed by atoms with Gasteiger partial charge in [-0.15, -0.1) is 0 Å². The van der Waals surface area contributed by atoms with E-state index >= 15 is 0 Å². The van der Waals surface area contributed by atoms with E-state index in [-0.39, 0.29) is 0 Å². The fourth-order valence-corrected chi connectivity index (χ4v) is 2.36. The first-order valence-electron chi connectivity index (χ1n) is 6.58. The highest BCUT2D eigenvalue weighted by Gasteiger charge is 2.44. The molecule has 1 atom stereocenters. The number of para-hydroxylation sites is 1. The third kappa shape index (κ3) is 2.43. The molecule has 3 rings (SSSR count). The number of hydrazine groups is 1. The van der Waals surface area contributed by atoms with Gasteiger partial charge in [0, 0.05) is 0 Å². The molecule has 0 aromatic heterocycles. The molecular formula is C15H16N4O2+2. The topological polar surface area (TPSA) is 70.4 Å². The first kappa shape index (κ1) is 13.1. The molecule has 1 unspecified atom stereocenters. The van der Waals surface area contributed by atoms with Crippen LogP contribution < -0.4 is 16.0 Å². The van der Waals surface area contributed by atoms with Crippen LogP contribution in [0.15, 0.2) is 48.5 Å². The molecule has 3 N–H and O–H groups in total. The van der Waals surface area contributed by atoms with Gasteiger partial charge >= 0.3 is 6.17 Å². The summed E-state index contributed by atoms with van der Waals surface area (Å²) in [7, 11) is 0. The first-order valence-corrected chi connectivity index (χ1v) is 6.58. The van der Waals surface area contributed by atoms with Crippen LogP contribution in [0.25, 0.3) is 0 Å². The van der Waals surface area contributed by atoms with Crippen LogP contribution in [0.1, 0.15) is 17.3 Å². The molecule has 0 bridgehead atoms. The van der Waals surface area contributed by atoms with Crippen molar-refractivity contribution in [2.75, 3.05) is 5.32 Å². The molecule has 6 nitrogen and oxygen atoms in total.